The van der Waals surface area contributed by atoms with Gasteiger partial charge in [0.05, 0.1) is 24.0 Å². The Kier molecular flexibility index (Phi) is 6.60. The van der Waals surface area contributed by atoms with Crippen LogP contribution in [0.25, 0.3) is 6.08 Å². The van der Waals surface area contributed by atoms with Crippen LogP contribution in [-0.4, -0.2) is 29.8 Å². The van der Waals surface area contributed by atoms with Crippen molar-refractivity contribution in [2.45, 2.75) is 19.8 Å². The van der Waals surface area contributed by atoms with Gasteiger partial charge < -0.3 is 9.47 Å². The maximum atomic E-state index is 11.7. The van der Waals surface area contributed by atoms with Gasteiger partial charge in [0.2, 0.25) is 0 Å². The largest absolute Gasteiger partial charge is 0.469 e. The van der Waals surface area contributed by atoms with E-state index in [2.05, 4.69) is 4.74 Å². The van der Waals surface area contributed by atoms with Crippen LogP contribution >= 0.6 is 0 Å². The molecule has 0 bridgehead atoms. The van der Waals surface area contributed by atoms with Gasteiger partial charge >= 0.3 is 11.9 Å². The summed E-state index contributed by atoms with van der Waals surface area (Å²) < 4.78 is 9.28. The van der Waals surface area contributed by atoms with Crippen molar-refractivity contribution in [2.24, 2.45) is 0 Å². The first-order chi connectivity index (χ1) is 10.8. The van der Waals surface area contributed by atoms with Crippen molar-refractivity contribution in [3.8, 4) is 0 Å². The van der Waals surface area contributed by atoms with E-state index in [0.29, 0.717) is 0 Å². The zero-order valence-corrected chi connectivity index (χ0v) is 12.6. The van der Waals surface area contributed by atoms with Crippen molar-refractivity contribution in [3.05, 3.63) is 45.7 Å². The van der Waals surface area contributed by atoms with Crippen LogP contribution in [0.15, 0.2) is 30.0 Å². The van der Waals surface area contributed by atoms with E-state index in [9.17, 15) is 24.5 Å². The smallest absolute Gasteiger partial charge is 0.313 e. The number of ketones is 1. The maximum Gasteiger partial charge on any atom is 0.313 e. The van der Waals surface area contributed by atoms with Crippen molar-refractivity contribution in [3.63, 3.8) is 0 Å². The average Bonchev–Trinajstić information content (AvgIpc) is 2.46. The van der Waals surface area contributed by atoms with E-state index in [1.807, 2.05) is 0 Å². The molecule has 1 aromatic carbocycles. The summed E-state index contributed by atoms with van der Waals surface area (Å²) in [6, 6.07) is 5.80. The second-order valence-corrected chi connectivity index (χ2v) is 4.49. The summed E-state index contributed by atoms with van der Waals surface area (Å²) in [7, 11) is 1.14. The Morgan fingerprint density at radius 2 is 1.87 bits per heavy atom. The molecule has 0 heterocycles. The van der Waals surface area contributed by atoms with Crippen LogP contribution in [0.4, 0.5) is 5.69 Å². The molecular weight excluding hydrogens is 306 g/mol. The highest BCUT2D eigenvalue weighted by Gasteiger charge is 2.17. The third-order valence-corrected chi connectivity index (χ3v) is 2.67. The van der Waals surface area contributed by atoms with E-state index in [4.69, 9.17) is 4.74 Å². The molecule has 0 saturated heterocycles. The lowest BCUT2D eigenvalue weighted by molar-refractivity contribution is -0.385. The highest BCUT2D eigenvalue weighted by atomic mass is 16.6. The number of ether oxygens (including phenoxy) is 2. The second kappa shape index (κ2) is 8.42. The second-order valence-electron chi connectivity index (χ2n) is 4.49. The molecule has 0 aromatic heterocycles. The molecular formula is C15H15NO7. The van der Waals surface area contributed by atoms with Crippen molar-refractivity contribution < 1.29 is 28.8 Å². The van der Waals surface area contributed by atoms with Gasteiger partial charge in [0.15, 0.2) is 5.78 Å². The van der Waals surface area contributed by atoms with E-state index in [1.165, 1.54) is 24.3 Å². The summed E-state index contributed by atoms with van der Waals surface area (Å²) >= 11 is 0. The third-order valence-electron chi connectivity index (χ3n) is 2.67. The van der Waals surface area contributed by atoms with Crippen molar-refractivity contribution in [1.82, 2.24) is 0 Å². The van der Waals surface area contributed by atoms with Gasteiger partial charge in [0.1, 0.15) is 12.2 Å². The molecule has 0 atom stereocenters. The lowest BCUT2D eigenvalue weighted by Crippen LogP contribution is -2.11. The number of carbonyl (C=O) groups is 3. The minimum Gasteiger partial charge on any atom is -0.469 e. The Morgan fingerprint density at radius 1 is 1.22 bits per heavy atom. The van der Waals surface area contributed by atoms with Gasteiger partial charge in [-0.15, -0.1) is 0 Å². The van der Waals surface area contributed by atoms with Crippen LogP contribution in [0, 0.1) is 10.1 Å². The minimum atomic E-state index is -0.720. The monoisotopic (exact) mass is 321 g/mol. The van der Waals surface area contributed by atoms with Crippen LogP contribution in [0.3, 0.4) is 0 Å². The van der Waals surface area contributed by atoms with Gasteiger partial charge in [-0.3, -0.25) is 24.5 Å². The van der Waals surface area contributed by atoms with Crippen LogP contribution in [-0.2, 0) is 23.9 Å². The summed E-state index contributed by atoms with van der Waals surface area (Å²) in [5.74, 6) is -2.02. The Balaban J connectivity index is 3.06. The van der Waals surface area contributed by atoms with Gasteiger partial charge in [0, 0.05) is 13.0 Å². The predicted octanol–water partition coefficient (Wildman–Crippen LogP) is 2.02. The molecule has 23 heavy (non-hydrogen) atoms. The van der Waals surface area contributed by atoms with Crippen LogP contribution < -0.4 is 0 Å². The van der Waals surface area contributed by atoms with Crippen molar-refractivity contribution >= 4 is 29.5 Å². The molecule has 0 aliphatic rings. The summed E-state index contributed by atoms with van der Waals surface area (Å²) in [5, 5.41) is 11.0. The molecule has 0 spiro atoms. The molecule has 1 aromatic rings. The Labute approximate surface area is 131 Å². The molecule has 0 saturated carbocycles. The van der Waals surface area contributed by atoms with Gasteiger partial charge in [0.25, 0.3) is 5.69 Å². The Bertz CT molecular complexity index is 664. The fourth-order valence-corrected chi connectivity index (χ4v) is 1.74. The fourth-order valence-electron chi connectivity index (χ4n) is 1.74. The number of nitrogens with zero attached hydrogens (tertiary/aromatic N) is 1. The van der Waals surface area contributed by atoms with Gasteiger partial charge in [-0.25, -0.2) is 0 Å². The zero-order chi connectivity index (χ0) is 17.4. The molecule has 0 amide bonds. The summed E-state index contributed by atoms with van der Waals surface area (Å²) in [6.45, 7) is 1.14. The number of carbonyl (C=O) groups excluding carboxylic acids is 3. The number of benzene rings is 1. The molecule has 0 radical (unpaired) electrons. The lowest BCUT2D eigenvalue weighted by Gasteiger charge is -2.07. The standard InChI is InChI=1S/C15H15NO7/c1-10(17)23-13(8-12(18)9-15(19)22-2)7-11-5-3-4-6-14(11)16(20)21/h3-7H,8-9H2,1-2H3. The van der Waals surface area contributed by atoms with Crippen LogP contribution in [0.2, 0.25) is 0 Å². The Morgan fingerprint density at radius 3 is 2.43 bits per heavy atom. The molecule has 0 unspecified atom stereocenters. The first-order valence-corrected chi connectivity index (χ1v) is 6.54. The lowest BCUT2D eigenvalue weighted by atomic mass is 10.1. The summed E-state index contributed by atoms with van der Waals surface area (Å²) in [4.78, 5) is 44.3. The molecule has 0 N–H and O–H groups in total. The SMILES string of the molecule is COC(=O)CC(=O)CC(=Cc1ccccc1[N+](=O)[O-])OC(C)=O. The molecule has 0 aliphatic heterocycles. The predicted molar refractivity (Wildman–Crippen MR) is 79.1 cm³/mol. The van der Waals surface area contributed by atoms with E-state index in [-0.39, 0.29) is 23.4 Å². The van der Waals surface area contributed by atoms with Crippen molar-refractivity contribution in [2.75, 3.05) is 7.11 Å². The normalized spacial score (nSPS) is 10.8. The molecule has 8 nitrogen and oxygen atoms in total. The van der Waals surface area contributed by atoms with Gasteiger partial charge in [-0.1, -0.05) is 12.1 Å². The van der Waals surface area contributed by atoms with Crippen LogP contribution in [0.5, 0.6) is 0 Å². The fraction of sp³-hybridized carbons (Fsp3) is 0.267. The number of nitro groups is 1. The van der Waals surface area contributed by atoms with E-state index >= 15 is 0 Å². The summed E-state index contributed by atoms with van der Waals surface area (Å²) in [5.41, 5.74) is -0.0165. The number of Topliss-reactive ketones (excluding diaryl/α,β-unsaturated/α-hetero) is 1. The quantitative estimate of drug-likeness (QED) is 0.248. The average molecular weight is 321 g/mol. The summed E-state index contributed by atoms with van der Waals surface area (Å²) in [6.07, 6.45) is 0.390. The zero-order valence-electron chi connectivity index (χ0n) is 12.6. The molecule has 0 fully saturated rings. The Hall–Kier alpha value is -3.03. The van der Waals surface area contributed by atoms with Crippen LogP contribution in [0.1, 0.15) is 25.3 Å². The topological polar surface area (TPSA) is 113 Å². The molecule has 8 heteroatoms. The number of allylic oxidation sites excluding steroid dienone is 1. The van der Waals surface area contributed by atoms with Gasteiger partial charge in [-0.2, -0.15) is 0 Å². The first kappa shape index (κ1) is 18.0. The number of hydrogen-bond acceptors (Lipinski definition) is 7. The van der Waals surface area contributed by atoms with E-state index in [1.54, 1.807) is 6.07 Å². The first-order valence-electron chi connectivity index (χ1n) is 6.54. The number of para-hydroxylation sites is 1. The number of rotatable bonds is 7. The third kappa shape index (κ3) is 6.08. The number of nitro benzene ring substituents is 1. The minimum absolute atomic E-state index is 0.0827. The number of methoxy groups -OCH3 is 1. The molecule has 1 rings (SSSR count). The maximum absolute atomic E-state index is 11.7. The number of esters is 2. The van der Waals surface area contributed by atoms with E-state index < -0.39 is 29.1 Å². The van der Waals surface area contributed by atoms with Gasteiger partial charge in [-0.05, 0) is 12.1 Å². The molecule has 122 valence electrons. The highest BCUT2D eigenvalue weighted by Crippen LogP contribution is 2.22. The van der Waals surface area contributed by atoms with Crippen molar-refractivity contribution in [1.29, 1.82) is 0 Å². The molecule has 0 aliphatic carbocycles. The van der Waals surface area contributed by atoms with E-state index in [0.717, 1.165) is 14.0 Å². The highest BCUT2D eigenvalue weighted by molar-refractivity contribution is 5.97. The number of hydrogen-bond donors (Lipinski definition) is 0.